The van der Waals surface area contributed by atoms with Crippen molar-refractivity contribution in [3.63, 3.8) is 0 Å². The third kappa shape index (κ3) is 5.67. The second kappa shape index (κ2) is 10.5. The first-order valence-corrected chi connectivity index (χ1v) is 13.5. The minimum atomic E-state index is -0.514. The normalized spacial score (nSPS) is 14.4. The lowest BCUT2D eigenvalue weighted by molar-refractivity contribution is 0.0184. The maximum Gasteiger partial charge on any atom is 0.410 e. The number of rotatable bonds is 5. The molecule has 3 aromatic heterocycles. The maximum atomic E-state index is 12.9. The van der Waals surface area contributed by atoms with Gasteiger partial charge in [0.15, 0.2) is 0 Å². The number of hydrogen-bond acceptors (Lipinski definition) is 7. The molecule has 1 fully saturated rings. The summed E-state index contributed by atoms with van der Waals surface area (Å²) in [5.41, 5.74) is 3.69. The van der Waals surface area contributed by atoms with Crippen molar-refractivity contribution in [3.8, 4) is 17.1 Å². The van der Waals surface area contributed by atoms with E-state index in [1.54, 1.807) is 27.9 Å². The van der Waals surface area contributed by atoms with Gasteiger partial charge in [0.1, 0.15) is 17.0 Å². The zero-order chi connectivity index (χ0) is 28.6. The molecule has 2 N–H and O–H groups in total. The number of piperidine rings is 1. The van der Waals surface area contributed by atoms with Crippen molar-refractivity contribution in [1.82, 2.24) is 39.9 Å². The van der Waals surface area contributed by atoms with Gasteiger partial charge in [-0.1, -0.05) is 23.4 Å². The van der Waals surface area contributed by atoms with Crippen LogP contribution in [0.3, 0.4) is 0 Å². The van der Waals surface area contributed by atoms with Gasteiger partial charge in [0.2, 0.25) is 0 Å². The summed E-state index contributed by atoms with van der Waals surface area (Å²) in [6.45, 7) is 6.78. The molecule has 5 aromatic rings. The predicted molar refractivity (Wildman–Crippen MR) is 153 cm³/mol. The van der Waals surface area contributed by atoms with E-state index >= 15 is 0 Å². The SMILES string of the molecule is CC(C)(C)OC(=O)N1CCC(n2cc(NC(=O)c3ccc(-n4cc(-c5n[nH]c6ccccc56)nn4)cc3)cn2)CC1. The fourth-order valence-corrected chi connectivity index (χ4v) is 4.87. The molecule has 210 valence electrons. The highest BCUT2D eigenvalue weighted by atomic mass is 16.6. The van der Waals surface area contributed by atoms with Gasteiger partial charge in [-0.15, -0.1) is 5.10 Å². The fourth-order valence-electron chi connectivity index (χ4n) is 4.87. The first kappa shape index (κ1) is 26.2. The molecule has 1 saturated heterocycles. The first-order valence-electron chi connectivity index (χ1n) is 13.5. The molecule has 0 radical (unpaired) electrons. The molecule has 0 unspecified atom stereocenters. The number of benzene rings is 2. The van der Waals surface area contributed by atoms with Crippen LogP contribution in [0.25, 0.3) is 28.0 Å². The predicted octanol–water partition coefficient (Wildman–Crippen LogP) is 4.83. The molecule has 1 aliphatic rings. The van der Waals surface area contributed by atoms with Crippen molar-refractivity contribution in [2.45, 2.75) is 45.3 Å². The van der Waals surface area contributed by atoms with Gasteiger partial charge in [-0.2, -0.15) is 10.2 Å². The lowest BCUT2D eigenvalue weighted by Gasteiger charge is -2.33. The number of aromatic amines is 1. The summed E-state index contributed by atoms with van der Waals surface area (Å²) in [5, 5.41) is 24.3. The minimum Gasteiger partial charge on any atom is -0.444 e. The second-order valence-electron chi connectivity index (χ2n) is 11.1. The van der Waals surface area contributed by atoms with Crippen LogP contribution in [0, 0.1) is 0 Å². The number of carbonyl (C=O) groups excluding carboxylic acids is 2. The average molecular weight is 554 g/mol. The van der Waals surface area contributed by atoms with Crippen LogP contribution in [0.2, 0.25) is 0 Å². The Balaban J connectivity index is 1.06. The first-order chi connectivity index (χ1) is 19.7. The van der Waals surface area contributed by atoms with Gasteiger partial charge in [-0.05, 0) is 63.9 Å². The topological polar surface area (TPSA) is 136 Å². The second-order valence-corrected chi connectivity index (χ2v) is 11.1. The summed E-state index contributed by atoms with van der Waals surface area (Å²) in [7, 11) is 0. The highest BCUT2D eigenvalue weighted by molar-refractivity contribution is 6.04. The van der Waals surface area contributed by atoms with E-state index in [1.807, 2.05) is 74.2 Å². The van der Waals surface area contributed by atoms with Crippen LogP contribution in [0.4, 0.5) is 10.5 Å². The van der Waals surface area contributed by atoms with Crippen LogP contribution in [0.1, 0.15) is 50.0 Å². The summed E-state index contributed by atoms with van der Waals surface area (Å²) in [5.74, 6) is -0.238. The number of aromatic nitrogens is 7. The Morgan fingerprint density at radius 3 is 2.54 bits per heavy atom. The molecule has 2 aromatic carbocycles. The summed E-state index contributed by atoms with van der Waals surface area (Å²) in [6.07, 6.45) is 6.51. The lowest BCUT2D eigenvalue weighted by Crippen LogP contribution is -2.42. The van der Waals surface area contributed by atoms with E-state index in [0.29, 0.717) is 30.0 Å². The van der Waals surface area contributed by atoms with Crippen molar-refractivity contribution in [2.75, 3.05) is 18.4 Å². The quantitative estimate of drug-likeness (QED) is 0.318. The van der Waals surface area contributed by atoms with Crippen LogP contribution < -0.4 is 5.32 Å². The highest BCUT2D eigenvalue weighted by Crippen LogP contribution is 2.26. The Kier molecular flexibility index (Phi) is 6.73. The van der Waals surface area contributed by atoms with E-state index in [2.05, 4.69) is 30.9 Å². The van der Waals surface area contributed by atoms with E-state index in [0.717, 1.165) is 35.1 Å². The van der Waals surface area contributed by atoms with Crippen molar-refractivity contribution < 1.29 is 14.3 Å². The number of amides is 2. The Morgan fingerprint density at radius 2 is 1.78 bits per heavy atom. The molecule has 41 heavy (non-hydrogen) atoms. The third-order valence-corrected chi connectivity index (χ3v) is 6.95. The smallest absolute Gasteiger partial charge is 0.410 e. The summed E-state index contributed by atoms with van der Waals surface area (Å²) in [4.78, 5) is 27.0. The van der Waals surface area contributed by atoms with E-state index in [-0.39, 0.29) is 18.0 Å². The Bertz CT molecular complexity index is 1690. The highest BCUT2D eigenvalue weighted by Gasteiger charge is 2.28. The van der Waals surface area contributed by atoms with E-state index in [1.165, 1.54) is 0 Å². The molecule has 12 heteroatoms. The van der Waals surface area contributed by atoms with Gasteiger partial charge < -0.3 is 15.0 Å². The van der Waals surface area contributed by atoms with E-state index < -0.39 is 5.60 Å². The third-order valence-electron chi connectivity index (χ3n) is 6.95. The Morgan fingerprint density at radius 1 is 1.02 bits per heavy atom. The molecule has 6 rings (SSSR count). The number of fused-ring (bicyclic) bond motifs is 1. The molecular formula is C29H31N9O3. The van der Waals surface area contributed by atoms with Crippen LogP contribution in [0.15, 0.2) is 67.1 Å². The number of nitrogens with zero attached hydrogens (tertiary/aromatic N) is 7. The number of anilines is 1. The fraction of sp³-hybridized carbons (Fsp3) is 0.310. The molecule has 0 aliphatic carbocycles. The lowest BCUT2D eigenvalue weighted by atomic mass is 10.1. The van der Waals surface area contributed by atoms with Gasteiger partial charge in [0.25, 0.3) is 5.91 Å². The molecule has 2 amide bonds. The molecule has 0 saturated carbocycles. The van der Waals surface area contributed by atoms with E-state index in [4.69, 9.17) is 4.74 Å². The summed E-state index contributed by atoms with van der Waals surface area (Å²) in [6, 6.07) is 15.1. The number of H-pyrrole nitrogens is 1. The molecule has 0 atom stereocenters. The van der Waals surface area contributed by atoms with Crippen LogP contribution in [0.5, 0.6) is 0 Å². The van der Waals surface area contributed by atoms with Crippen molar-refractivity contribution in [2.24, 2.45) is 0 Å². The number of ether oxygens (including phenoxy) is 1. The van der Waals surface area contributed by atoms with Gasteiger partial charge in [0.05, 0.1) is 35.3 Å². The zero-order valence-electron chi connectivity index (χ0n) is 23.1. The zero-order valence-corrected chi connectivity index (χ0v) is 23.1. The monoisotopic (exact) mass is 553 g/mol. The Labute approximate surface area is 236 Å². The average Bonchev–Trinajstić information content (AvgIpc) is 3.72. The number of nitrogens with one attached hydrogen (secondary N) is 2. The maximum absolute atomic E-state index is 12.9. The van der Waals surface area contributed by atoms with Gasteiger partial charge in [-0.3, -0.25) is 14.6 Å². The molecule has 1 aliphatic heterocycles. The number of likely N-dealkylation sites (tertiary alicyclic amines) is 1. The molecular weight excluding hydrogens is 522 g/mol. The van der Waals surface area contributed by atoms with Crippen molar-refractivity contribution in [1.29, 1.82) is 0 Å². The van der Waals surface area contributed by atoms with Gasteiger partial charge >= 0.3 is 6.09 Å². The minimum absolute atomic E-state index is 0.144. The number of carbonyl (C=O) groups is 2. The standard InChI is InChI=1S/C29H31N9O3/c1-29(2,3)41-28(40)36-14-12-22(13-15-36)37-17-20(16-30-37)31-27(39)19-8-10-21(11-9-19)38-18-25(33-35-38)26-23-6-4-5-7-24(23)32-34-26/h4-11,16-18,22H,12-15H2,1-3H3,(H,31,39)(H,32,34). The van der Waals surface area contributed by atoms with Gasteiger partial charge in [0, 0.05) is 30.2 Å². The van der Waals surface area contributed by atoms with Crippen molar-refractivity contribution >= 4 is 28.6 Å². The summed E-state index contributed by atoms with van der Waals surface area (Å²) < 4.78 is 8.98. The van der Waals surface area contributed by atoms with E-state index in [9.17, 15) is 9.59 Å². The number of para-hydroxylation sites is 1. The van der Waals surface area contributed by atoms with Crippen LogP contribution in [-0.4, -0.2) is 70.6 Å². The van der Waals surface area contributed by atoms with Gasteiger partial charge in [-0.25, -0.2) is 9.48 Å². The van der Waals surface area contributed by atoms with Crippen LogP contribution >= 0.6 is 0 Å². The Hall–Kier alpha value is -5.00. The largest absolute Gasteiger partial charge is 0.444 e. The number of hydrogen-bond donors (Lipinski definition) is 2. The molecule has 0 bridgehead atoms. The van der Waals surface area contributed by atoms with Crippen LogP contribution in [-0.2, 0) is 4.74 Å². The molecule has 12 nitrogen and oxygen atoms in total. The molecule has 0 spiro atoms. The molecule has 4 heterocycles. The summed E-state index contributed by atoms with van der Waals surface area (Å²) >= 11 is 0. The van der Waals surface area contributed by atoms with Crippen molar-refractivity contribution in [3.05, 3.63) is 72.7 Å².